The van der Waals surface area contributed by atoms with Crippen LogP contribution in [0.4, 0.5) is 0 Å². The zero-order chi connectivity index (χ0) is 26.2. The molecule has 1 aromatic heterocycles. The summed E-state index contributed by atoms with van der Waals surface area (Å²) in [6, 6.07) is 15.4. The standard InChI is InChI=1S/C26H30N4O6S/c1-16(34-17(2)32)24(33)27-12-18-3-9-21(10-4-18)25-35-22(14-37-26-28-15-29-30-26)11-23(36-25)20-7-5-19(13-31)6-8-20/h3-10,15-16,22-23,25,31H,11-14H2,1-2H3,(H,27,33)(H,28,29,30)/t16-,22-,23+,25?/m0/s1. The molecule has 1 aliphatic heterocycles. The van der Waals surface area contributed by atoms with Crippen molar-refractivity contribution in [1.82, 2.24) is 20.5 Å². The second-order valence-electron chi connectivity index (χ2n) is 8.66. The summed E-state index contributed by atoms with van der Waals surface area (Å²) in [6.07, 6.45) is 0.426. The number of nitrogens with zero attached hydrogens (tertiary/aromatic N) is 2. The molecule has 196 valence electrons. The van der Waals surface area contributed by atoms with Crippen LogP contribution >= 0.6 is 11.8 Å². The van der Waals surface area contributed by atoms with Gasteiger partial charge in [0.15, 0.2) is 17.6 Å². The number of carbonyl (C=O) groups excluding carboxylic acids is 2. The Bertz CT molecular complexity index is 1160. The monoisotopic (exact) mass is 526 g/mol. The third kappa shape index (κ3) is 7.62. The van der Waals surface area contributed by atoms with E-state index in [1.807, 2.05) is 48.5 Å². The molecule has 2 heterocycles. The number of benzene rings is 2. The average molecular weight is 527 g/mol. The van der Waals surface area contributed by atoms with Gasteiger partial charge in [0.25, 0.3) is 5.91 Å². The third-order valence-corrected chi connectivity index (χ3v) is 6.85. The number of aliphatic hydroxyl groups is 1. The van der Waals surface area contributed by atoms with Crippen LogP contribution in [0.5, 0.6) is 0 Å². The molecule has 37 heavy (non-hydrogen) atoms. The van der Waals surface area contributed by atoms with Crippen molar-refractivity contribution in [3.05, 3.63) is 77.1 Å². The Kier molecular flexibility index (Phi) is 9.29. The average Bonchev–Trinajstić information content (AvgIpc) is 3.44. The number of esters is 1. The molecule has 11 heteroatoms. The number of nitrogens with one attached hydrogen (secondary N) is 2. The molecule has 1 saturated heterocycles. The van der Waals surface area contributed by atoms with Crippen LogP contribution in [-0.2, 0) is 37.0 Å². The van der Waals surface area contributed by atoms with E-state index in [0.29, 0.717) is 18.7 Å². The fourth-order valence-corrected chi connectivity index (χ4v) is 4.68. The van der Waals surface area contributed by atoms with Gasteiger partial charge in [0.2, 0.25) is 0 Å². The van der Waals surface area contributed by atoms with Crippen LogP contribution in [0.3, 0.4) is 0 Å². The first-order chi connectivity index (χ1) is 17.9. The van der Waals surface area contributed by atoms with E-state index in [2.05, 4.69) is 20.5 Å². The van der Waals surface area contributed by atoms with Gasteiger partial charge in [-0.2, -0.15) is 5.10 Å². The van der Waals surface area contributed by atoms with Crippen molar-refractivity contribution in [1.29, 1.82) is 0 Å². The molecule has 3 N–H and O–H groups in total. The number of carbonyl (C=O) groups is 2. The Morgan fingerprint density at radius 1 is 1.14 bits per heavy atom. The van der Waals surface area contributed by atoms with Gasteiger partial charge >= 0.3 is 5.97 Å². The van der Waals surface area contributed by atoms with Gasteiger partial charge in [0, 0.05) is 31.2 Å². The largest absolute Gasteiger partial charge is 0.453 e. The molecule has 0 saturated carbocycles. The van der Waals surface area contributed by atoms with Gasteiger partial charge in [0.05, 0.1) is 18.8 Å². The quantitative estimate of drug-likeness (QED) is 0.269. The summed E-state index contributed by atoms with van der Waals surface area (Å²) in [5.74, 6) is -0.190. The van der Waals surface area contributed by atoms with Crippen LogP contribution in [-0.4, -0.2) is 50.1 Å². The molecular weight excluding hydrogens is 496 g/mol. The lowest BCUT2D eigenvalue weighted by Gasteiger charge is -2.36. The molecule has 4 atom stereocenters. The van der Waals surface area contributed by atoms with Gasteiger partial charge < -0.3 is 24.6 Å². The van der Waals surface area contributed by atoms with Crippen molar-refractivity contribution in [2.24, 2.45) is 0 Å². The lowest BCUT2D eigenvalue weighted by atomic mass is 10.0. The highest BCUT2D eigenvalue weighted by Crippen LogP contribution is 2.39. The highest BCUT2D eigenvalue weighted by atomic mass is 32.2. The Morgan fingerprint density at radius 3 is 2.49 bits per heavy atom. The van der Waals surface area contributed by atoms with Crippen LogP contribution in [0.1, 0.15) is 54.9 Å². The van der Waals surface area contributed by atoms with E-state index < -0.39 is 18.4 Å². The fraction of sp³-hybridized carbons (Fsp3) is 0.385. The van der Waals surface area contributed by atoms with Crippen molar-refractivity contribution in [3.63, 3.8) is 0 Å². The van der Waals surface area contributed by atoms with Crippen molar-refractivity contribution in [3.8, 4) is 0 Å². The second-order valence-corrected chi connectivity index (χ2v) is 9.67. The molecule has 1 unspecified atom stereocenters. The molecule has 0 aliphatic carbocycles. The first-order valence-electron chi connectivity index (χ1n) is 11.9. The number of hydrogen-bond donors (Lipinski definition) is 3. The molecule has 0 bridgehead atoms. The minimum atomic E-state index is -0.851. The molecule has 0 radical (unpaired) electrons. The van der Waals surface area contributed by atoms with Gasteiger partial charge in [-0.15, -0.1) is 0 Å². The van der Waals surface area contributed by atoms with E-state index in [1.54, 1.807) is 0 Å². The third-order valence-electron chi connectivity index (χ3n) is 5.84. The van der Waals surface area contributed by atoms with E-state index in [4.69, 9.17) is 14.2 Å². The SMILES string of the molecule is CC(=O)O[C@@H](C)C(=O)NCc1ccc(C2O[C@H](CSc3ncn[nH]3)C[C@H](c3ccc(CO)cc3)O2)cc1. The van der Waals surface area contributed by atoms with Gasteiger partial charge in [-0.05, 0) is 23.6 Å². The molecular formula is C26H30N4O6S. The fourth-order valence-electron chi connectivity index (χ4n) is 3.89. The summed E-state index contributed by atoms with van der Waals surface area (Å²) in [7, 11) is 0. The number of H-pyrrole nitrogens is 1. The number of thioether (sulfide) groups is 1. The molecule has 4 rings (SSSR count). The maximum absolute atomic E-state index is 12.1. The Balaban J connectivity index is 1.42. The van der Waals surface area contributed by atoms with Crippen LogP contribution in [0.15, 0.2) is 60.0 Å². The molecule has 0 spiro atoms. The molecule has 1 fully saturated rings. The summed E-state index contributed by atoms with van der Waals surface area (Å²) in [5, 5.41) is 19.6. The predicted octanol–water partition coefficient (Wildman–Crippen LogP) is 3.20. The lowest BCUT2D eigenvalue weighted by Crippen LogP contribution is -2.35. The van der Waals surface area contributed by atoms with Gasteiger partial charge in [-0.25, -0.2) is 4.98 Å². The highest BCUT2D eigenvalue weighted by Gasteiger charge is 2.32. The van der Waals surface area contributed by atoms with E-state index in [1.165, 1.54) is 31.9 Å². The van der Waals surface area contributed by atoms with Crippen LogP contribution < -0.4 is 5.32 Å². The number of aromatic nitrogens is 3. The minimum Gasteiger partial charge on any atom is -0.453 e. The van der Waals surface area contributed by atoms with Crippen molar-refractivity contribution in [2.75, 3.05) is 5.75 Å². The molecule has 2 aromatic carbocycles. The summed E-state index contributed by atoms with van der Waals surface area (Å²) < 4.78 is 17.6. The zero-order valence-electron chi connectivity index (χ0n) is 20.6. The Morgan fingerprint density at radius 2 is 1.84 bits per heavy atom. The smallest absolute Gasteiger partial charge is 0.303 e. The number of aliphatic hydroxyl groups excluding tert-OH is 1. The van der Waals surface area contributed by atoms with Gasteiger partial charge in [-0.1, -0.05) is 60.3 Å². The number of rotatable bonds is 10. The minimum absolute atomic E-state index is 0.0105. The Hall–Kier alpha value is -3.25. The zero-order valence-corrected chi connectivity index (χ0v) is 21.4. The number of aromatic amines is 1. The van der Waals surface area contributed by atoms with Gasteiger partial charge in [0.1, 0.15) is 6.33 Å². The summed E-state index contributed by atoms with van der Waals surface area (Å²) in [6.45, 7) is 3.09. The van der Waals surface area contributed by atoms with Gasteiger partial charge in [-0.3, -0.25) is 14.7 Å². The molecule has 1 aliphatic rings. The normalized spacial score (nSPS) is 20.2. The topological polar surface area (TPSA) is 136 Å². The van der Waals surface area contributed by atoms with Crippen molar-refractivity contribution in [2.45, 2.75) is 63.2 Å². The molecule has 3 aromatic rings. The van der Waals surface area contributed by atoms with E-state index in [9.17, 15) is 14.7 Å². The maximum atomic E-state index is 12.1. The van der Waals surface area contributed by atoms with Crippen LogP contribution in [0.2, 0.25) is 0 Å². The number of amides is 1. The number of hydrogen-bond acceptors (Lipinski definition) is 9. The van der Waals surface area contributed by atoms with E-state index in [-0.39, 0.29) is 24.7 Å². The first-order valence-corrected chi connectivity index (χ1v) is 12.9. The highest BCUT2D eigenvalue weighted by molar-refractivity contribution is 7.99. The summed E-state index contributed by atoms with van der Waals surface area (Å²) >= 11 is 1.54. The van der Waals surface area contributed by atoms with Crippen molar-refractivity contribution < 1.29 is 28.9 Å². The Labute approximate surface area is 219 Å². The number of ether oxygens (including phenoxy) is 3. The predicted molar refractivity (Wildman–Crippen MR) is 135 cm³/mol. The van der Waals surface area contributed by atoms with Crippen LogP contribution in [0.25, 0.3) is 0 Å². The summed E-state index contributed by atoms with van der Waals surface area (Å²) in [4.78, 5) is 27.3. The van der Waals surface area contributed by atoms with Crippen molar-refractivity contribution >= 4 is 23.6 Å². The van der Waals surface area contributed by atoms with E-state index in [0.717, 1.165) is 27.4 Å². The second kappa shape index (κ2) is 12.8. The van der Waals surface area contributed by atoms with E-state index >= 15 is 0 Å². The molecule has 1 amide bonds. The molecule has 10 nitrogen and oxygen atoms in total. The summed E-state index contributed by atoms with van der Waals surface area (Å²) in [5.41, 5.74) is 3.60. The lowest BCUT2D eigenvalue weighted by molar-refractivity contribution is -0.245. The van der Waals surface area contributed by atoms with Crippen LogP contribution in [0, 0.1) is 0 Å². The first kappa shape index (κ1) is 26.8. The maximum Gasteiger partial charge on any atom is 0.303 e.